The van der Waals surface area contributed by atoms with E-state index in [-0.39, 0.29) is 0 Å². The minimum atomic E-state index is 0.348. The van der Waals surface area contributed by atoms with Gasteiger partial charge in [-0.05, 0) is 18.3 Å². The van der Waals surface area contributed by atoms with Crippen molar-refractivity contribution in [1.29, 1.82) is 0 Å². The summed E-state index contributed by atoms with van der Waals surface area (Å²) in [6.45, 7) is 0.527. The van der Waals surface area contributed by atoms with Gasteiger partial charge < -0.3 is 5.32 Å². The quantitative estimate of drug-likeness (QED) is 0.647. The van der Waals surface area contributed by atoms with E-state index in [1.54, 1.807) is 0 Å². The maximum Gasteiger partial charge on any atom is 0.152 e. The summed E-state index contributed by atoms with van der Waals surface area (Å²) < 4.78 is 0. The molecule has 0 aromatic heterocycles. The molecule has 1 heterocycles. The molecular formula is C13H15NO. The molecule has 2 aliphatic carbocycles. The number of nitrogens with one attached hydrogen (secondary N) is 1. The third-order valence-corrected chi connectivity index (χ3v) is 3.71. The summed E-state index contributed by atoms with van der Waals surface area (Å²) in [4.78, 5) is 11.5. The largest absolute Gasteiger partial charge is 0.381 e. The van der Waals surface area contributed by atoms with Crippen molar-refractivity contribution in [1.82, 2.24) is 5.32 Å². The molecule has 0 amide bonds. The number of carbonyl (C=O) groups is 1. The van der Waals surface area contributed by atoms with Crippen molar-refractivity contribution in [2.24, 2.45) is 17.8 Å². The summed E-state index contributed by atoms with van der Waals surface area (Å²) in [5, 5.41) is 3.26. The minimum absolute atomic E-state index is 0.348. The van der Waals surface area contributed by atoms with Gasteiger partial charge in [0.2, 0.25) is 0 Å². The summed E-state index contributed by atoms with van der Waals surface area (Å²) in [6, 6.07) is 0. The Hall–Kier alpha value is -1.31. The Kier molecular flexibility index (Phi) is 2.01. The first-order valence-electron chi connectivity index (χ1n) is 5.65. The van der Waals surface area contributed by atoms with Crippen LogP contribution in [0.2, 0.25) is 0 Å². The molecule has 0 radical (unpaired) electrons. The molecule has 3 atom stereocenters. The summed E-state index contributed by atoms with van der Waals surface area (Å²) in [5.74, 6) is 1.90. The summed E-state index contributed by atoms with van der Waals surface area (Å²) in [7, 11) is 0. The number of Topliss-reactive ketones (excluding diaryl/α,β-unsaturated/α-hetero) is 1. The van der Waals surface area contributed by atoms with Crippen LogP contribution < -0.4 is 5.32 Å². The van der Waals surface area contributed by atoms with Crippen LogP contribution in [0.3, 0.4) is 0 Å². The zero-order chi connectivity index (χ0) is 10.3. The maximum atomic E-state index is 11.5. The predicted octanol–water partition coefficient (Wildman–Crippen LogP) is 1.81. The lowest BCUT2D eigenvalue weighted by molar-refractivity contribution is -0.120. The molecule has 0 bridgehead atoms. The fourth-order valence-corrected chi connectivity index (χ4v) is 2.93. The number of rotatable bonds is 0. The Bertz CT molecular complexity index is 378. The van der Waals surface area contributed by atoms with Crippen molar-refractivity contribution in [3.63, 3.8) is 0 Å². The molecular weight excluding hydrogens is 186 g/mol. The van der Waals surface area contributed by atoms with E-state index in [0.717, 1.165) is 12.8 Å². The van der Waals surface area contributed by atoms with Crippen LogP contribution in [-0.2, 0) is 4.79 Å². The molecule has 0 saturated carbocycles. The summed E-state index contributed by atoms with van der Waals surface area (Å²) in [6.07, 6.45) is 12.9. The van der Waals surface area contributed by atoms with Crippen molar-refractivity contribution < 1.29 is 4.79 Å². The molecule has 3 aliphatic rings. The molecule has 0 spiro atoms. The van der Waals surface area contributed by atoms with Crippen LogP contribution in [0, 0.1) is 17.8 Å². The van der Waals surface area contributed by atoms with E-state index in [4.69, 9.17) is 0 Å². The molecule has 3 rings (SSSR count). The van der Waals surface area contributed by atoms with Gasteiger partial charge in [0, 0.05) is 18.0 Å². The van der Waals surface area contributed by atoms with Crippen LogP contribution in [0.25, 0.3) is 0 Å². The standard InChI is InChI=1S/C13H15NO/c15-10-7-12-11-4-2-1-3-9(11)5-6-13(12)14-8-10/h1-4,6,9,11-12,14H,5,7-8H2. The monoisotopic (exact) mass is 201 g/mol. The second-order valence-corrected chi connectivity index (χ2v) is 4.61. The Labute approximate surface area is 89.7 Å². The summed E-state index contributed by atoms with van der Waals surface area (Å²) >= 11 is 0. The molecule has 0 aromatic rings. The van der Waals surface area contributed by atoms with Gasteiger partial charge in [-0.3, -0.25) is 4.79 Å². The topological polar surface area (TPSA) is 29.1 Å². The van der Waals surface area contributed by atoms with Crippen LogP contribution in [0.15, 0.2) is 36.1 Å². The molecule has 15 heavy (non-hydrogen) atoms. The average Bonchev–Trinajstić information content (AvgIpc) is 2.29. The number of fused-ring (bicyclic) bond motifs is 3. The van der Waals surface area contributed by atoms with Gasteiger partial charge in [0.05, 0.1) is 6.54 Å². The molecule has 1 N–H and O–H groups in total. The smallest absolute Gasteiger partial charge is 0.152 e. The summed E-state index contributed by atoms with van der Waals surface area (Å²) in [5.41, 5.74) is 1.30. The Morgan fingerprint density at radius 2 is 2.13 bits per heavy atom. The van der Waals surface area contributed by atoms with Gasteiger partial charge in [0.25, 0.3) is 0 Å². The number of piperidine rings is 1. The Balaban J connectivity index is 1.92. The number of carbonyl (C=O) groups excluding carboxylic acids is 1. The van der Waals surface area contributed by atoms with Crippen LogP contribution in [0.4, 0.5) is 0 Å². The lowest BCUT2D eigenvalue weighted by Gasteiger charge is -2.39. The lowest BCUT2D eigenvalue weighted by atomic mass is 9.69. The Morgan fingerprint density at radius 1 is 1.27 bits per heavy atom. The van der Waals surface area contributed by atoms with Crippen LogP contribution in [-0.4, -0.2) is 12.3 Å². The zero-order valence-corrected chi connectivity index (χ0v) is 8.65. The molecule has 1 fully saturated rings. The first-order valence-corrected chi connectivity index (χ1v) is 5.65. The molecule has 1 saturated heterocycles. The maximum absolute atomic E-state index is 11.5. The second-order valence-electron chi connectivity index (χ2n) is 4.61. The highest BCUT2D eigenvalue weighted by molar-refractivity contribution is 5.82. The fourth-order valence-electron chi connectivity index (χ4n) is 2.93. The van der Waals surface area contributed by atoms with Crippen molar-refractivity contribution in [2.45, 2.75) is 12.8 Å². The van der Waals surface area contributed by atoms with Crippen LogP contribution in [0.1, 0.15) is 12.8 Å². The molecule has 1 aliphatic heterocycles. The number of allylic oxidation sites excluding steroid dienone is 6. The van der Waals surface area contributed by atoms with Crippen molar-refractivity contribution in [2.75, 3.05) is 6.54 Å². The Morgan fingerprint density at radius 3 is 3.07 bits per heavy atom. The van der Waals surface area contributed by atoms with Gasteiger partial charge in [-0.1, -0.05) is 30.4 Å². The number of ketones is 1. The second kappa shape index (κ2) is 3.37. The predicted molar refractivity (Wildman–Crippen MR) is 59.1 cm³/mol. The fraction of sp³-hybridized carbons (Fsp3) is 0.462. The van der Waals surface area contributed by atoms with Crippen LogP contribution >= 0.6 is 0 Å². The van der Waals surface area contributed by atoms with Crippen molar-refractivity contribution in [3.05, 3.63) is 36.1 Å². The third kappa shape index (κ3) is 1.44. The highest BCUT2D eigenvalue weighted by atomic mass is 16.1. The highest BCUT2D eigenvalue weighted by Crippen LogP contribution is 2.40. The first-order chi connectivity index (χ1) is 7.34. The van der Waals surface area contributed by atoms with Gasteiger partial charge in [0.15, 0.2) is 5.78 Å². The van der Waals surface area contributed by atoms with E-state index in [1.165, 1.54) is 5.70 Å². The van der Waals surface area contributed by atoms with Crippen molar-refractivity contribution in [3.8, 4) is 0 Å². The molecule has 0 aromatic carbocycles. The molecule has 2 nitrogen and oxygen atoms in total. The van der Waals surface area contributed by atoms with Gasteiger partial charge >= 0.3 is 0 Å². The zero-order valence-electron chi connectivity index (χ0n) is 8.65. The molecule has 3 unspecified atom stereocenters. The van der Waals surface area contributed by atoms with Crippen molar-refractivity contribution >= 4 is 5.78 Å². The normalized spacial score (nSPS) is 37.7. The van der Waals surface area contributed by atoms with Gasteiger partial charge in [-0.15, -0.1) is 0 Å². The van der Waals surface area contributed by atoms with Gasteiger partial charge in [-0.25, -0.2) is 0 Å². The van der Waals surface area contributed by atoms with Gasteiger partial charge in [0.1, 0.15) is 0 Å². The highest BCUT2D eigenvalue weighted by Gasteiger charge is 2.36. The average molecular weight is 201 g/mol. The van der Waals surface area contributed by atoms with E-state index >= 15 is 0 Å². The van der Waals surface area contributed by atoms with Gasteiger partial charge in [-0.2, -0.15) is 0 Å². The van der Waals surface area contributed by atoms with E-state index < -0.39 is 0 Å². The van der Waals surface area contributed by atoms with Crippen LogP contribution in [0.5, 0.6) is 0 Å². The molecule has 78 valence electrons. The minimum Gasteiger partial charge on any atom is -0.381 e. The van der Waals surface area contributed by atoms with E-state index in [0.29, 0.717) is 30.1 Å². The first kappa shape index (κ1) is 8.96. The van der Waals surface area contributed by atoms with E-state index in [9.17, 15) is 4.79 Å². The SMILES string of the molecule is O=C1CNC2=CCC3C=CC=CC3C2C1. The number of hydrogen-bond acceptors (Lipinski definition) is 2. The van der Waals surface area contributed by atoms with E-state index in [1.807, 2.05) is 0 Å². The number of hydrogen-bond donors (Lipinski definition) is 1. The lowest BCUT2D eigenvalue weighted by Crippen LogP contribution is -2.41. The third-order valence-electron chi connectivity index (χ3n) is 3.71. The van der Waals surface area contributed by atoms with E-state index in [2.05, 4.69) is 35.7 Å². The molecule has 2 heteroatoms.